The number of carboxylic acid groups (broad SMARTS) is 1. The number of anilines is 1. The lowest BCUT2D eigenvalue weighted by Gasteiger charge is -2.47. The molecule has 5 aromatic rings. The standard InChI is InChI=1S/C74H86F10N11O19P/c1-40-22-47(28-58(97)91-20-18-44(32-91)64(100)101)60(56(23-40)114-115(105,106)107)70(2,3)29-59(98)111-39-112-69(104)113-57(36-93(90-63(99)62(88-68(103)109-9)72(6,7)74(82,83)84)35-51-52(75)25-45(26-53(51)76)54-19-21-94(89-54)65(77)78)46(27-55(96)61(87-67(102)108-8)71(4,5)73(79,80)81)24-42-13-10-41(11-14-42)12-15-43-30-85-66(86-31-43)92-33-48-16-17-49(34-92)95(48)50-37-110-38-50/h10-11,13-14,19,21-23,25-26,30-31,44,46,48-50,57,61-62,65H,16-18,20,24,27-29,32-39H2,1-9H3,(H,87,102)(H,88,103)(H,90,99)(H,100,101)(H2,105,106,107)/t44-,46+,48?,49?,57-,61+,62+/m0/s1. The largest absolute Gasteiger partial charge is 0.524 e. The number of aryl methyl sites for hydroxylation is 1. The number of phosphoric ester groups is 1. The number of methoxy groups -OCH3 is 2. The second kappa shape index (κ2) is 36.3. The lowest BCUT2D eigenvalue weighted by atomic mass is 9.77. The summed E-state index contributed by atoms with van der Waals surface area (Å²) in [6.45, 7) is 1.46. The van der Waals surface area contributed by atoms with E-state index < -0.39 is 201 Å². The van der Waals surface area contributed by atoms with E-state index in [-0.39, 0.29) is 40.9 Å². The first kappa shape index (κ1) is 88.7. The van der Waals surface area contributed by atoms with Crippen LogP contribution in [0.3, 0.4) is 0 Å². The van der Waals surface area contributed by atoms with Crippen molar-refractivity contribution in [2.75, 3.05) is 71.8 Å². The van der Waals surface area contributed by atoms with Gasteiger partial charge in [-0.15, -0.1) is 0 Å². The Bertz CT molecular complexity index is 4480. The first-order valence-corrected chi connectivity index (χ1v) is 37.4. The third kappa shape index (κ3) is 22.3. The molecule has 3 aromatic carbocycles. The Hall–Kier alpha value is -10.2. The summed E-state index contributed by atoms with van der Waals surface area (Å²) in [4.78, 5) is 145. The van der Waals surface area contributed by atoms with Gasteiger partial charge in [0, 0.05) is 103 Å². The van der Waals surface area contributed by atoms with Crippen LogP contribution >= 0.6 is 7.82 Å². The number of hydrogen-bond acceptors (Lipinski definition) is 22. The Morgan fingerprint density at radius 1 is 0.765 bits per heavy atom. The Labute approximate surface area is 652 Å². The van der Waals surface area contributed by atoms with Crippen molar-refractivity contribution >= 4 is 61.6 Å². The van der Waals surface area contributed by atoms with Crippen LogP contribution in [0.5, 0.6) is 5.75 Å². The molecule has 4 fully saturated rings. The number of ketones is 1. The Balaban J connectivity index is 1.09. The molecule has 0 saturated carbocycles. The number of piperazine rings is 1. The number of carbonyl (C=O) groups excluding carboxylic acids is 7. The quantitative estimate of drug-likeness (QED) is 0.00457. The second-order valence-electron chi connectivity index (χ2n) is 30.1. The molecule has 6 N–H and O–H groups in total. The van der Waals surface area contributed by atoms with Crippen molar-refractivity contribution in [3.8, 4) is 28.8 Å². The fourth-order valence-electron chi connectivity index (χ4n) is 14.2. The summed E-state index contributed by atoms with van der Waals surface area (Å²) in [6, 6.07) is 6.04. The topological polar surface area (TPSA) is 372 Å². The zero-order valence-electron chi connectivity index (χ0n) is 63.6. The first-order valence-electron chi connectivity index (χ1n) is 35.9. The molecule has 4 aliphatic rings. The van der Waals surface area contributed by atoms with Gasteiger partial charge in [-0.25, -0.2) is 47.4 Å². The van der Waals surface area contributed by atoms with Crippen LogP contribution in [0.25, 0.3) is 11.3 Å². The molecule has 115 heavy (non-hydrogen) atoms. The Morgan fingerprint density at radius 3 is 1.90 bits per heavy atom. The number of esters is 1. The maximum Gasteiger partial charge on any atom is 0.524 e. The number of benzene rings is 3. The lowest BCUT2D eigenvalue weighted by Crippen LogP contribution is -2.62. The van der Waals surface area contributed by atoms with E-state index in [1.165, 1.54) is 74.5 Å². The highest BCUT2D eigenvalue weighted by atomic mass is 31.2. The Morgan fingerprint density at radius 2 is 1.36 bits per heavy atom. The molecular formula is C74H86F10N11O19P. The number of rotatable bonds is 31. The average Bonchev–Trinajstić information content (AvgIpc) is 1.77. The number of carboxylic acids is 1. The molecule has 41 heteroatoms. The number of nitrogens with zero attached hydrogens (tertiary/aromatic N) is 8. The van der Waals surface area contributed by atoms with Crippen molar-refractivity contribution in [2.45, 2.75) is 161 Å². The van der Waals surface area contributed by atoms with E-state index in [0.29, 0.717) is 112 Å². The minimum Gasteiger partial charge on any atom is -0.481 e. The zero-order valence-corrected chi connectivity index (χ0v) is 64.5. The SMILES string of the molecule is COC(=O)N[C@H](C(=O)C[C@@H](Cc1ccc(C#Cc2cnc(N3CC4CCC(C3)N4C3COC3)nc2)cc1)[C@H](CN(Cc1c(F)cc(-c2ccn(C(F)F)n2)cc1F)NC(=O)[C@@H](NC(=O)OC)C(C)(C)C(F)(F)F)OC(=O)OCOC(=O)CC(C)(C)c1c(CC(=O)N2CC[C@H](C(=O)O)C2)cc(C)cc1OP(=O)(O)O)C(C)(C)C(F)(F)F. The second-order valence-corrected chi connectivity index (χ2v) is 31.2. The van der Waals surface area contributed by atoms with Gasteiger partial charge in [-0.3, -0.25) is 44.1 Å². The van der Waals surface area contributed by atoms with Gasteiger partial charge in [0.15, 0.2) is 5.78 Å². The van der Waals surface area contributed by atoms with E-state index in [0.717, 1.165) is 39.3 Å². The normalized spacial score (nSPS) is 18.0. The first-order chi connectivity index (χ1) is 53.7. The maximum absolute atomic E-state index is 16.8. The van der Waals surface area contributed by atoms with E-state index >= 15 is 39.9 Å². The molecule has 30 nitrogen and oxygen atoms in total. The van der Waals surface area contributed by atoms with Crippen molar-refractivity contribution in [1.82, 2.24) is 50.6 Å². The molecule has 4 amide bonds. The summed E-state index contributed by atoms with van der Waals surface area (Å²) in [7, 11) is -3.94. The highest BCUT2D eigenvalue weighted by molar-refractivity contribution is 7.46. The number of ether oxygens (including phenoxy) is 6. The predicted molar refractivity (Wildman–Crippen MR) is 382 cm³/mol. The number of aromatic nitrogens is 4. The van der Waals surface area contributed by atoms with Gasteiger partial charge in [-0.1, -0.05) is 43.9 Å². The van der Waals surface area contributed by atoms with Gasteiger partial charge in [-0.2, -0.15) is 40.2 Å². The van der Waals surface area contributed by atoms with Gasteiger partial charge in [0.2, 0.25) is 18.6 Å². The van der Waals surface area contributed by atoms with Crippen molar-refractivity contribution in [3.05, 3.63) is 124 Å². The number of alkyl carbamates (subject to hydrolysis) is 2. The average molecular weight is 1650 g/mol. The van der Waals surface area contributed by atoms with Crippen LogP contribution in [-0.2, 0) is 81.8 Å². The van der Waals surface area contributed by atoms with Gasteiger partial charge in [0.25, 0.3) is 5.91 Å². The molecule has 626 valence electrons. The van der Waals surface area contributed by atoms with Gasteiger partial charge in [0.05, 0.1) is 80.9 Å². The summed E-state index contributed by atoms with van der Waals surface area (Å²) in [5.74, 6) is -6.39. The molecule has 4 saturated heterocycles. The number of aliphatic carboxylic acids is 1. The van der Waals surface area contributed by atoms with E-state index in [1.54, 1.807) is 5.32 Å². The van der Waals surface area contributed by atoms with Gasteiger partial charge in [0.1, 0.15) is 35.6 Å². The summed E-state index contributed by atoms with van der Waals surface area (Å²) in [5, 5.41) is 17.3. The molecule has 2 aromatic heterocycles. The molecule has 9 rings (SSSR count). The van der Waals surface area contributed by atoms with Crippen molar-refractivity contribution in [3.63, 3.8) is 0 Å². The van der Waals surface area contributed by atoms with Crippen molar-refractivity contribution < 1.29 is 135 Å². The summed E-state index contributed by atoms with van der Waals surface area (Å²) in [5.41, 5.74) is -7.07. The third-order valence-electron chi connectivity index (χ3n) is 20.6. The minimum absolute atomic E-state index is 0.0407. The maximum atomic E-state index is 16.8. The van der Waals surface area contributed by atoms with E-state index in [4.69, 9.17) is 23.5 Å². The number of hydrazine groups is 1. The molecule has 0 spiro atoms. The van der Waals surface area contributed by atoms with Crippen LogP contribution in [0.1, 0.15) is 119 Å². The van der Waals surface area contributed by atoms with Gasteiger partial charge < -0.3 is 58.5 Å². The van der Waals surface area contributed by atoms with E-state index in [9.17, 15) is 61.8 Å². The number of hydrogen-bond donors (Lipinski definition) is 6. The highest BCUT2D eigenvalue weighted by Gasteiger charge is 2.58. The fourth-order valence-corrected chi connectivity index (χ4v) is 14.6. The van der Waals surface area contributed by atoms with E-state index in [1.807, 2.05) is 10.7 Å². The molecular weight excluding hydrogens is 1570 g/mol. The predicted octanol–water partition coefficient (Wildman–Crippen LogP) is 9.39. The van der Waals surface area contributed by atoms with Crippen LogP contribution in [0.2, 0.25) is 0 Å². The number of carbonyl (C=O) groups is 8. The summed E-state index contributed by atoms with van der Waals surface area (Å²) < 4.78 is 200. The number of nitrogens with one attached hydrogen (secondary N) is 3. The fraction of sp³-hybridized carbons (Fsp3) is 0.527. The van der Waals surface area contributed by atoms with Crippen LogP contribution in [-0.4, -0.2) is 213 Å². The zero-order chi connectivity index (χ0) is 84.6. The summed E-state index contributed by atoms with van der Waals surface area (Å²) in [6.07, 6.45) is -15.4. The molecule has 6 heterocycles. The van der Waals surface area contributed by atoms with Crippen LogP contribution < -0.4 is 25.5 Å². The monoisotopic (exact) mass is 1650 g/mol. The Kier molecular flexibility index (Phi) is 28.0. The molecule has 7 atom stereocenters. The minimum atomic E-state index is -5.42. The number of halogens is 10. The van der Waals surface area contributed by atoms with Crippen LogP contribution in [0, 0.1) is 53.1 Å². The van der Waals surface area contributed by atoms with Gasteiger partial charge in [-0.05, 0) is 113 Å². The number of Topliss-reactive ketones (excluding diaryl/α,β-unsaturated/α-hetero) is 1. The highest BCUT2D eigenvalue weighted by Crippen LogP contribution is 2.47. The molecule has 2 unspecified atom stereocenters. The van der Waals surface area contributed by atoms with E-state index in [2.05, 4.69) is 46.2 Å². The summed E-state index contributed by atoms with van der Waals surface area (Å²) >= 11 is 0. The molecule has 4 aliphatic heterocycles. The molecule has 2 bridgehead atoms. The molecule has 0 radical (unpaired) electrons. The number of amides is 4. The van der Waals surface area contributed by atoms with Crippen molar-refractivity contribution in [2.24, 2.45) is 22.7 Å². The van der Waals surface area contributed by atoms with Gasteiger partial charge >= 0.3 is 57.0 Å². The molecule has 0 aliphatic carbocycles. The van der Waals surface area contributed by atoms with Crippen molar-refractivity contribution in [1.29, 1.82) is 0 Å². The lowest BCUT2D eigenvalue weighted by molar-refractivity contribution is -0.221. The van der Waals surface area contributed by atoms with Crippen LogP contribution in [0.15, 0.2) is 73.2 Å². The number of alkyl halides is 8. The van der Waals surface area contributed by atoms with Crippen LogP contribution in [0.4, 0.5) is 64.2 Å². The third-order valence-corrected chi connectivity index (χ3v) is 21.1. The number of fused-ring (bicyclic) bond motifs is 2. The number of phosphoric acid groups is 1. The smallest absolute Gasteiger partial charge is 0.481 e. The number of likely N-dealkylation sites (tertiary alicyclic amines) is 1.